The second-order valence-corrected chi connectivity index (χ2v) is 5.57. The van der Waals surface area contributed by atoms with Crippen LogP contribution in [0.5, 0.6) is 0 Å². The molecule has 1 aliphatic carbocycles. The summed E-state index contributed by atoms with van der Waals surface area (Å²) in [6.45, 7) is 1.49. The lowest BCUT2D eigenvalue weighted by Crippen LogP contribution is -2.37. The Morgan fingerprint density at radius 1 is 1.21 bits per heavy atom. The SMILES string of the molecule is OC1(CNCc2ccc3ncccc3c2)CCCC1. The van der Waals surface area contributed by atoms with Crippen LogP contribution >= 0.6 is 0 Å². The molecule has 1 fully saturated rings. The van der Waals surface area contributed by atoms with Crippen molar-refractivity contribution in [1.29, 1.82) is 0 Å². The van der Waals surface area contributed by atoms with Crippen LogP contribution in [0.4, 0.5) is 0 Å². The first-order chi connectivity index (χ1) is 9.25. The maximum Gasteiger partial charge on any atom is 0.0771 e. The van der Waals surface area contributed by atoms with Gasteiger partial charge in [0.25, 0.3) is 0 Å². The Morgan fingerprint density at radius 3 is 2.89 bits per heavy atom. The normalized spacial score (nSPS) is 17.9. The average Bonchev–Trinajstić information content (AvgIpc) is 2.86. The molecule has 1 aromatic carbocycles. The summed E-state index contributed by atoms with van der Waals surface area (Å²) < 4.78 is 0. The molecule has 0 aliphatic heterocycles. The van der Waals surface area contributed by atoms with Crippen molar-refractivity contribution in [3.8, 4) is 0 Å². The molecule has 3 heteroatoms. The molecular formula is C16H20N2O. The highest BCUT2D eigenvalue weighted by molar-refractivity contribution is 5.78. The number of fused-ring (bicyclic) bond motifs is 1. The molecular weight excluding hydrogens is 236 g/mol. The van der Waals surface area contributed by atoms with E-state index in [4.69, 9.17) is 0 Å². The highest BCUT2D eigenvalue weighted by Crippen LogP contribution is 2.28. The molecule has 3 rings (SSSR count). The standard InChI is InChI=1S/C16H20N2O/c19-16(7-1-2-8-16)12-17-11-13-5-6-15-14(10-13)4-3-9-18-15/h3-6,9-10,17,19H,1-2,7-8,11-12H2. The van der Waals surface area contributed by atoms with Crippen molar-refractivity contribution >= 4 is 10.9 Å². The Balaban J connectivity index is 1.62. The first-order valence-corrected chi connectivity index (χ1v) is 7.02. The second-order valence-electron chi connectivity index (χ2n) is 5.57. The average molecular weight is 256 g/mol. The van der Waals surface area contributed by atoms with E-state index in [0.29, 0.717) is 6.54 Å². The molecule has 100 valence electrons. The minimum absolute atomic E-state index is 0.474. The van der Waals surface area contributed by atoms with Gasteiger partial charge >= 0.3 is 0 Å². The van der Waals surface area contributed by atoms with E-state index in [2.05, 4.69) is 34.6 Å². The van der Waals surface area contributed by atoms with Crippen molar-refractivity contribution in [2.24, 2.45) is 0 Å². The Bertz CT molecular complexity index is 561. The lowest BCUT2D eigenvalue weighted by atomic mass is 10.0. The van der Waals surface area contributed by atoms with Crippen LogP contribution in [-0.2, 0) is 6.54 Å². The number of hydrogen-bond acceptors (Lipinski definition) is 3. The molecule has 0 bridgehead atoms. The van der Waals surface area contributed by atoms with E-state index in [9.17, 15) is 5.11 Å². The fourth-order valence-electron chi connectivity index (χ4n) is 2.88. The molecule has 19 heavy (non-hydrogen) atoms. The third-order valence-corrected chi connectivity index (χ3v) is 3.98. The monoisotopic (exact) mass is 256 g/mol. The molecule has 1 aromatic heterocycles. The van der Waals surface area contributed by atoms with Gasteiger partial charge in [-0.3, -0.25) is 4.98 Å². The molecule has 2 aromatic rings. The zero-order valence-electron chi connectivity index (χ0n) is 11.1. The molecule has 1 saturated carbocycles. The van der Waals surface area contributed by atoms with Crippen molar-refractivity contribution in [1.82, 2.24) is 10.3 Å². The largest absolute Gasteiger partial charge is 0.389 e. The van der Waals surface area contributed by atoms with Gasteiger partial charge in [0, 0.05) is 24.7 Å². The van der Waals surface area contributed by atoms with Crippen LogP contribution in [0.25, 0.3) is 10.9 Å². The molecule has 0 saturated heterocycles. The van der Waals surface area contributed by atoms with E-state index in [1.807, 2.05) is 12.3 Å². The summed E-state index contributed by atoms with van der Waals surface area (Å²) in [6.07, 6.45) is 5.98. The number of hydrogen-bond donors (Lipinski definition) is 2. The van der Waals surface area contributed by atoms with Crippen molar-refractivity contribution in [2.75, 3.05) is 6.54 Å². The van der Waals surface area contributed by atoms with Crippen LogP contribution < -0.4 is 5.32 Å². The van der Waals surface area contributed by atoms with Gasteiger partial charge in [0.05, 0.1) is 11.1 Å². The number of pyridine rings is 1. The number of rotatable bonds is 4. The highest BCUT2D eigenvalue weighted by atomic mass is 16.3. The fourth-order valence-corrected chi connectivity index (χ4v) is 2.88. The first kappa shape index (κ1) is 12.6. The smallest absolute Gasteiger partial charge is 0.0771 e. The Hall–Kier alpha value is -1.45. The predicted molar refractivity (Wildman–Crippen MR) is 76.9 cm³/mol. The fraction of sp³-hybridized carbons (Fsp3) is 0.438. The van der Waals surface area contributed by atoms with Gasteiger partial charge in [-0.15, -0.1) is 0 Å². The van der Waals surface area contributed by atoms with E-state index < -0.39 is 5.60 Å². The van der Waals surface area contributed by atoms with Gasteiger partial charge < -0.3 is 10.4 Å². The summed E-state index contributed by atoms with van der Waals surface area (Å²) in [5, 5.41) is 14.8. The molecule has 0 radical (unpaired) electrons. The van der Waals surface area contributed by atoms with Gasteiger partial charge in [-0.05, 0) is 36.6 Å². The predicted octanol–water partition coefficient (Wildman–Crippen LogP) is 2.63. The maximum absolute atomic E-state index is 10.3. The lowest BCUT2D eigenvalue weighted by molar-refractivity contribution is 0.0475. The van der Waals surface area contributed by atoms with E-state index in [-0.39, 0.29) is 0 Å². The zero-order valence-corrected chi connectivity index (χ0v) is 11.1. The van der Waals surface area contributed by atoms with Crippen LogP contribution in [0, 0.1) is 0 Å². The number of nitrogens with zero attached hydrogens (tertiary/aromatic N) is 1. The molecule has 1 aliphatic rings. The third-order valence-electron chi connectivity index (χ3n) is 3.98. The number of benzene rings is 1. The Labute approximate surface area is 113 Å². The van der Waals surface area contributed by atoms with Gasteiger partial charge in [-0.25, -0.2) is 0 Å². The van der Waals surface area contributed by atoms with Gasteiger partial charge in [0.1, 0.15) is 0 Å². The van der Waals surface area contributed by atoms with Crippen molar-refractivity contribution in [3.05, 3.63) is 42.1 Å². The van der Waals surface area contributed by atoms with Gasteiger partial charge in [-0.1, -0.05) is 25.0 Å². The summed E-state index contributed by atoms with van der Waals surface area (Å²) in [4.78, 5) is 4.32. The van der Waals surface area contributed by atoms with Crippen LogP contribution in [0.2, 0.25) is 0 Å². The Kier molecular flexibility index (Phi) is 3.49. The molecule has 2 N–H and O–H groups in total. The first-order valence-electron chi connectivity index (χ1n) is 7.02. The van der Waals surface area contributed by atoms with E-state index in [1.165, 1.54) is 10.9 Å². The third kappa shape index (κ3) is 2.94. The number of aliphatic hydroxyl groups is 1. The van der Waals surface area contributed by atoms with E-state index in [1.54, 1.807) is 0 Å². The highest BCUT2D eigenvalue weighted by Gasteiger charge is 2.30. The van der Waals surface area contributed by atoms with Crippen molar-refractivity contribution in [2.45, 2.75) is 37.8 Å². The molecule has 0 unspecified atom stereocenters. The molecule has 3 nitrogen and oxygen atoms in total. The lowest BCUT2D eigenvalue weighted by Gasteiger charge is -2.22. The van der Waals surface area contributed by atoms with Gasteiger partial charge in [0.15, 0.2) is 0 Å². The van der Waals surface area contributed by atoms with E-state index >= 15 is 0 Å². The van der Waals surface area contributed by atoms with Crippen molar-refractivity contribution in [3.63, 3.8) is 0 Å². The van der Waals surface area contributed by atoms with Crippen molar-refractivity contribution < 1.29 is 5.11 Å². The minimum Gasteiger partial charge on any atom is -0.389 e. The molecule has 1 heterocycles. The zero-order chi connectivity index (χ0) is 13.1. The van der Waals surface area contributed by atoms with Crippen LogP contribution in [0.1, 0.15) is 31.2 Å². The van der Waals surface area contributed by atoms with Crippen LogP contribution in [-0.4, -0.2) is 22.2 Å². The summed E-state index contributed by atoms with van der Waals surface area (Å²) in [7, 11) is 0. The topological polar surface area (TPSA) is 45.1 Å². The summed E-state index contributed by atoms with van der Waals surface area (Å²) in [5.74, 6) is 0. The van der Waals surface area contributed by atoms with E-state index in [0.717, 1.165) is 37.7 Å². The second kappa shape index (κ2) is 5.27. The van der Waals surface area contributed by atoms with Gasteiger partial charge in [0.2, 0.25) is 0 Å². The molecule has 0 spiro atoms. The number of aromatic nitrogens is 1. The molecule has 0 atom stereocenters. The molecule has 0 amide bonds. The summed E-state index contributed by atoms with van der Waals surface area (Å²) in [5.41, 5.74) is 1.79. The number of nitrogens with one attached hydrogen (secondary N) is 1. The van der Waals surface area contributed by atoms with Gasteiger partial charge in [-0.2, -0.15) is 0 Å². The maximum atomic E-state index is 10.3. The minimum atomic E-state index is -0.474. The Morgan fingerprint density at radius 2 is 2.05 bits per heavy atom. The summed E-state index contributed by atoms with van der Waals surface area (Å²) in [6, 6.07) is 10.4. The van der Waals surface area contributed by atoms with Crippen LogP contribution in [0.15, 0.2) is 36.5 Å². The van der Waals surface area contributed by atoms with Crippen LogP contribution in [0.3, 0.4) is 0 Å². The summed E-state index contributed by atoms with van der Waals surface area (Å²) >= 11 is 0. The quantitative estimate of drug-likeness (QED) is 0.884.